The van der Waals surface area contributed by atoms with Crippen LogP contribution in [0.25, 0.3) is 6.08 Å². The van der Waals surface area contributed by atoms with Crippen LogP contribution in [0.1, 0.15) is 54.0 Å². The van der Waals surface area contributed by atoms with Crippen LogP contribution in [0.15, 0.2) is 17.7 Å². The number of hydrogen-bond acceptors (Lipinski definition) is 5. The Morgan fingerprint density at radius 1 is 1.32 bits per heavy atom. The van der Waals surface area contributed by atoms with Gasteiger partial charge < -0.3 is 19.4 Å². The number of carbonyl (C=O) groups excluding carboxylic acids is 1. The zero-order valence-electron chi connectivity index (χ0n) is 17.4. The summed E-state index contributed by atoms with van der Waals surface area (Å²) in [5.74, 6) is -0.657. The Bertz CT molecular complexity index is 762. The van der Waals surface area contributed by atoms with Crippen molar-refractivity contribution in [2.75, 3.05) is 6.54 Å². The van der Waals surface area contributed by atoms with Gasteiger partial charge in [-0.05, 0) is 60.0 Å². The predicted molar refractivity (Wildman–Crippen MR) is 108 cm³/mol. The molecule has 2 heterocycles. The Morgan fingerprint density at radius 3 is 2.43 bits per heavy atom. The molecule has 9 heteroatoms. The molecule has 1 amide bonds. The summed E-state index contributed by atoms with van der Waals surface area (Å²) in [4.78, 5) is 15.8. The van der Waals surface area contributed by atoms with Gasteiger partial charge in [0.05, 0.1) is 11.2 Å². The summed E-state index contributed by atoms with van der Waals surface area (Å²) >= 11 is 5.78. The molecule has 1 fully saturated rings. The van der Waals surface area contributed by atoms with Crippen LogP contribution in [0, 0.1) is 5.82 Å². The number of nitrogens with one attached hydrogen (secondary N) is 1. The van der Waals surface area contributed by atoms with Gasteiger partial charge in [-0.25, -0.2) is 14.2 Å². The summed E-state index contributed by atoms with van der Waals surface area (Å²) in [5.41, 5.74) is -1.07. The highest BCUT2D eigenvalue weighted by Gasteiger charge is 2.52. The van der Waals surface area contributed by atoms with Crippen LogP contribution in [0.4, 0.5) is 9.18 Å². The number of alkyl carbamates (subject to hydrolysis) is 1. The molecule has 0 spiro atoms. The first-order valence-corrected chi connectivity index (χ1v) is 9.42. The van der Waals surface area contributed by atoms with E-state index in [1.807, 2.05) is 27.7 Å². The lowest BCUT2D eigenvalue weighted by atomic mass is 9.77. The molecule has 2 rings (SSSR count). The van der Waals surface area contributed by atoms with Crippen LogP contribution in [-0.4, -0.2) is 41.5 Å². The van der Waals surface area contributed by atoms with E-state index >= 15 is 0 Å². The van der Waals surface area contributed by atoms with Crippen molar-refractivity contribution in [3.8, 4) is 0 Å². The topological polar surface area (TPSA) is 69.7 Å². The fourth-order valence-corrected chi connectivity index (χ4v) is 2.59. The zero-order valence-corrected chi connectivity index (χ0v) is 18.1. The van der Waals surface area contributed by atoms with Gasteiger partial charge in [-0.15, -0.1) is 0 Å². The van der Waals surface area contributed by atoms with Gasteiger partial charge in [0, 0.05) is 18.3 Å². The number of hydrogen-bond donors (Lipinski definition) is 1. The standard InChI is InChI=1S/C19H27BClFN2O4/c1-17(2,3)26-16(25)24-11-13(10-12-8-9-23-15(21)14(12)22)20-27-18(4,5)19(6,7)28-20/h8-10H,11H2,1-7H3,(H,24,25). The Balaban J connectivity index is 2.30. The largest absolute Gasteiger partial charge is 0.492 e. The van der Waals surface area contributed by atoms with E-state index in [2.05, 4.69) is 10.3 Å². The Labute approximate surface area is 170 Å². The molecule has 154 valence electrons. The van der Waals surface area contributed by atoms with Gasteiger partial charge in [-0.2, -0.15) is 0 Å². The highest BCUT2D eigenvalue weighted by Crippen LogP contribution is 2.38. The second kappa shape index (κ2) is 8.01. The third-order valence-corrected chi connectivity index (χ3v) is 4.87. The van der Waals surface area contributed by atoms with E-state index in [-0.39, 0.29) is 17.3 Å². The highest BCUT2D eigenvalue weighted by molar-refractivity contribution is 6.56. The van der Waals surface area contributed by atoms with Crippen molar-refractivity contribution >= 4 is 30.9 Å². The quantitative estimate of drug-likeness (QED) is 0.586. The predicted octanol–water partition coefficient (Wildman–Crippen LogP) is 4.41. The molecule has 28 heavy (non-hydrogen) atoms. The first-order valence-electron chi connectivity index (χ1n) is 9.05. The average Bonchev–Trinajstić information content (AvgIpc) is 2.74. The minimum absolute atomic E-state index is 0.0467. The number of nitrogens with zero attached hydrogens (tertiary/aromatic N) is 1. The van der Waals surface area contributed by atoms with Crippen LogP contribution in [0.2, 0.25) is 5.15 Å². The van der Waals surface area contributed by atoms with Gasteiger partial charge in [0.2, 0.25) is 0 Å². The minimum Gasteiger partial charge on any atom is -0.444 e. The minimum atomic E-state index is -0.772. The van der Waals surface area contributed by atoms with Crippen molar-refractivity contribution in [3.05, 3.63) is 34.3 Å². The third kappa shape index (κ3) is 5.46. The molecular weight excluding hydrogens is 385 g/mol. The second-order valence-electron chi connectivity index (χ2n) is 8.67. The Hall–Kier alpha value is -1.64. The third-order valence-electron chi connectivity index (χ3n) is 4.61. The number of aromatic nitrogens is 1. The molecule has 1 N–H and O–H groups in total. The fourth-order valence-electron chi connectivity index (χ4n) is 2.43. The number of halogens is 2. The zero-order chi connectivity index (χ0) is 21.3. The van der Waals surface area contributed by atoms with Crippen LogP contribution < -0.4 is 5.32 Å². The van der Waals surface area contributed by atoms with Crippen LogP contribution >= 0.6 is 11.6 Å². The molecule has 0 bridgehead atoms. The van der Waals surface area contributed by atoms with E-state index in [0.717, 1.165) is 0 Å². The van der Waals surface area contributed by atoms with Gasteiger partial charge in [0.15, 0.2) is 11.0 Å². The highest BCUT2D eigenvalue weighted by atomic mass is 35.5. The molecule has 0 aliphatic carbocycles. The maximum Gasteiger partial charge on any atom is 0.492 e. The van der Waals surface area contributed by atoms with E-state index in [0.29, 0.717) is 5.47 Å². The lowest BCUT2D eigenvalue weighted by molar-refractivity contribution is 0.00578. The first-order chi connectivity index (χ1) is 12.7. The van der Waals surface area contributed by atoms with Crippen molar-refractivity contribution in [2.45, 2.75) is 65.3 Å². The van der Waals surface area contributed by atoms with Crippen LogP contribution in [-0.2, 0) is 14.0 Å². The molecule has 1 aliphatic rings. The van der Waals surface area contributed by atoms with Crippen molar-refractivity contribution in [1.29, 1.82) is 0 Å². The number of amides is 1. The van der Waals surface area contributed by atoms with E-state index in [1.54, 1.807) is 26.8 Å². The summed E-state index contributed by atoms with van der Waals surface area (Å²) in [5, 5.41) is 2.43. The lowest BCUT2D eigenvalue weighted by Gasteiger charge is -2.32. The maximum absolute atomic E-state index is 14.3. The molecule has 0 saturated carbocycles. The molecule has 0 atom stereocenters. The Kier molecular flexibility index (Phi) is 6.48. The summed E-state index contributed by atoms with van der Waals surface area (Å²) in [6, 6.07) is 1.49. The van der Waals surface area contributed by atoms with Crippen LogP contribution in [0.3, 0.4) is 0 Å². The average molecular weight is 413 g/mol. The van der Waals surface area contributed by atoms with Crippen molar-refractivity contribution in [1.82, 2.24) is 10.3 Å². The lowest BCUT2D eigenvalue weighted by Crippen LogP contribution is -2.41. The number of pyridine rings is 1. The number of rotatable bonds is 4. The SMILES string of the molecule is CC(C)(C)OC(=O)NCC(=Cc1ccnc(Cl)c1F)B1OC(C)(C)C(C)(C)O1. The van der Waals surface area contributed by atoms with E-state index in [1.165, 1.54) is 12.3 Å². The van der Waals surface area contributed by atoms with E-state index in [9.17, 15) is 9.18 Å². The van der Waals surface area contributed by atoms with Gasteiger partial charge in [-0.1, -0.05) is 17.7 Å². The molecule has 6 nitrogen and oxygen atoms in total. The van der Waals surface area contributed by atoms with Crippen molar-refractivity contribution in [2.24, 2.45) is 0 Å². The molecule has 1 aliphatic heterocycles. The summed E-state index contributed by atoms with van der Waals surface area (Å²) in [7, 11) is -0.772. The van der Waals surface area contributed by atoms with Gasteiger partial charge in [0.25, 0.3) is 0 Å². The number of carbonyl (C=O) groups is 1. The first kappa shape index (κ1) is 22.7. The maximum atomic E-state index is 14.3. The number of ether oxygens (including phenoxy) is 1. The summed E-state index contributed by atoms with van der Waals surface area (Å²) < 4.78 is 31.7. The smallest absolute Gasteiger partial charge is 0.444 e. The molecule has 1 aromatic rings. The van der Waals surface area contributed by atoms with Gasteiger partial charge >= 0.3 is 13.2 Å². The molecule has 0 unspecified atom stereocenters. The molecule has 0 aromatic carbocycles. The normalized spacial score (nSPS) is 18.9. The fraction of sp³-hybridized carbons (Fsp3) is 0.579. The molecular formula is C19H27BClFN2O4. The molecule has 1 aromatic heterocycles. The van der Waals surface area contributed by atoms with Gasteiger partial charge in [-0.3, -0.25) is 0 Å². The van der Waals surface area contributed by atoms with Crippen molar-refractivity contribution < 1.29 is 23.2 Å². The van der Waals surface area contributed by atoms with E-state index in [4.69, 9.17) is 25.6 Å². The van der Waals surface area contributed by atoms with Crippen molar-refractivity contribution in [3.63, 3.8) is 0 Å². The van der Waals surface area contributed by atoms with Gasteiger partial charge in [0.1, 0.15) is 5.60 Å². The second-order valence-corrected chi connectivity index (χ2v) is 9.03. The Morgan fingerprint density at radius 2 is 1.89 bits per heavy atom. The van der Waals surface area contributed by atoms with Crippen LogP contribution in [0.5, 0.6) is 0 Å². The monoisotopic (exact) mass is 412 g/mol. The molecule has 0 radical (unpaired) electrons. The summed E-state index contributed by atoms with van der Waals surface area (Å²) in [6.07, 6.45) is 2.35. The van der Waals surface area contributed by atoms with E-state index < -0.39 is 35.8 Å². The molecule has 1 saturated heterocycles. The summed E-state index contributed by atoms with van der Waals surface area (Å²) in [6.45, 7) is 13.0.